The third kappa shape index (κ3) is 3.86. The lowest BCUT2D eigenvalue weighted by Crippen LogP contribution is -2.34. The lowest BCUT2D eigenvalue weighted by molar-refractivity contribution is 0.424. The number of hydrogen-bond acceptors (Lipinski definition) is 1. The minimum absolute atomic E-state index is 0.154. The van der Waals surface area contributed by atoms with Crippen LogP contribution in [0.15, 0.2) is 30.5 Å². The van der Waals surface area contributed by atoms with Crippen LogP contribution in [0.5, 0.6) is 0 Å². The van der Waals surface area contributed by atoms with E-state index in [-0.39, 0.29) is 5.54 Å². The lowest BCUT2D eigenvalue weighted by atomic mass is 10.1. The third-order valence-electron chi connectivity index (χ3n) is 3.63. The predicted molar refractivity (Wildman–Crippen MR) is 88.0 cm³/mol. The van der Waals surface area contributed by atoms with Crippen LogP contribution >= 0.6 is 0 Å². The highest BCUT2D eigenvalue weighted by molar-refractivity contribution is 5.83. The van der Waals surface area contributed by atoms with Gasteiger partial charge in [0.1, 0.15) is 0 Å². The van der Waals surface area contributed by atoms with Crippen molar-refractivity contribution in [2.75, 3.05) is 0 Å². The van der Waals surface area contributed by atoms with Gasteiger partial charge in [-0.2, -0.15) is 0 Å². The maximum atomic E-state index is 3.60. The Kier molecular flexibility index (Phi) is 4.54. The summed E-state index contributed by atoms with van der Waals surface area (Å²) in [7, 11) is 0. The van der Waals surface area contributed by atoms with E-state index in [1.165, 1.54) is 22.9 Å². The molecule has 0 bridgehead atoms. The van der Waals surface area contributed by atoms with Crippen LogP contribution < -0.4 is 5.32 Å². The molecule has 2 nitrogen and oxygen atoms in total. The summed E-state index contributed by atoms with van der Waals surface area (Å²) in [6.07, 6.45) is 3.55. The molecule has 0 spiro atoms. The molecule has 0 fully saturated rings. The number of para-hydroxylation sites is 1. The topological polar surface area (TPSA) is 17.0 Å². The molecule has 0 amide bonds. The van der Waals surface area contributed by atoms with Crippen molar-refractivity contribution in [2.24, 2.45) is 5.92 Å². The second kappa shape index (κ2) is 6.01. The van der Waals surface area contributed by atoms with Crippen molar-refractivity contribution < 1.29 is 0 Å². The standard InChI is InChI=1S/C18H28N2/c1-14(2)10-11-20-13-15(12-19-18(3,4)5)16-8-6-7-9-17(16)20/h6-9,13-14,19H,10-12H2,1-5H3. The van der Waals surface area contributed by atoms with Crippen LogP contribution in [0, 0.1) is 5.92 Å². The summed E-state index contributed by atoms with van der Waals surface area (Å²) >= 11 is 0. The van der Waals surface area contributed by atoms with Gasteiger partial charge >= 0.3 is 0 Å². The molecule has 1 heterocycles. The zero-order valence-corrected chi connectivity index (χ0v) is 13.5. The molecule has 0 radical (unpaired) electrons. The fourth-order valence-corrected chi connectivity index (χ4v) is 2.41. The van der Waals surface area contributed by atoms with Gasteiger partial charge < -0.3 is 9.88 Å². The van der Waals surface area contributed by atoms with Crippen molar-refractivity contribution in [3.63, 3.8) is 0 Å². The molecular weight excluding hydrogens is 244 g/mol. The molecule has 2 aromatic rings. The van der Waals surface area contributed by atoms with Crippen molar-refractivity contribution >= 4 is 10.9 Å². The predicted octanol–water partition coefficient (Wildman–Crippen LogP) is 4.58. The Labute approximate surface area is 123 Å². The van der Waals surface area contributed by atoms with Crippen molar-refractivity contribution in [3.05, 3.63) is 36.0 Å². The van der Waals surface area contributed by atoms with Crippen LogP contribution in [-0.4, -0.2) is 10.1 Å². The average molecular weight is 272 g/mol. The van der Waals surface area contributed by atoms with Crippen LogP contribution in [0.1, 0.15) is 46.6 Å². The van der Waals surface area contributed by atoms with E-state index in [4.69, 9.17) is 0 Å². The largest absolute Gasteiger partial charge is 0.347 e. The second-order valence-electron chi connectivity index (χ2n) is 7.15. The summed E-state index contributed by atoms with van der Waals surface area (Å²) in [5.41, 5.74) is 2.92. The van der Waals surface area contributed by atoms with Crippen molar-refractivity contribution in [2.45, 2.75) is 59.7 Å². The maximum Gasteiger partial charge on any atom is 0.0483 e. The molecule has 0 aliphatic heterocycles. The Morgan fingerprint density at radius 1 is 1.15 bits per heavy atom. The zero-order chi connectivity index (χ0) is 14.8. The summed E-state index contributed by atoms with van der Waals surface area (Å²) in [4.78, 5) is 0. The van der Waals surface area contributed by atoms with E-state index in [0.717, 1.165) is 19.0 Å². The fraction of sp³-hybridized carbons (Fsp3) is 0.556. The summed E-state index contributed by atoms with van der Waals surface area (Å²) in [5.74, 6) is 0.743. The number of aryl methyl sites for hydroxylation is 1. The molecule has 1 aromatic carbocycles. The number of hydrogen-bond donors (Lipinski definition) is 1. The lowest BCUT2D eigenvalue weighted by Gasteiger charge is -2.20. The van der Waals surface area contributed by atoms with Crippen molar-refractivity contribution in [3.8, 4) is 0 Å². The normalized spacial score (nSPS) is 12.5. The SMILES string of the molecule is CC(C)CCn1cc(CNC(C)(C)C)c2ccccc21. The van der Waals surface area contributed by atoms with Gasteiger partial charge in [0, 0.05) is 35.7 Å². The first-order valence-corrected chi connectivity index (χ1v) is 7.68. The molecule has 1 aromatic heterocycles. The Bertz CT molecular complexity index is 558. The minimum Gasteiger partial charge on any atom is -0.347 e. The van der Waals surface area contributed by atoms with E-state index in [9.17, 15) is 0 Å². The van der Waals surface area contributed by atoms with Crippen LogP contribution in [-0.2, 0) is 13.1 Å². The smallest absolute Gasteiger partial charge is 0.0483 e. The van der Waals surface area contributed by atoms with Gasteiger partial charge in [-0.05, 0) is 44.7 Å². The molecule has 0 saturated heterocycles. The molecule has 1 N–H and O–H groups in total. The summed E-state index contributed by atoms with van der Waals surface area (Å²) in [6.45, 7) is 13.2. The molecule has 0 unspecified atom stereocenters. The fourth-order valence-electron chi connectivity index (χ4n) is 2.41. The average Bonchev–Trinajstić information content (AvgIpc) is 2.71. The van der Waals surface area contributed by atoms with E-state index in [2.05, 4.69) is 75.0 Å². The van der Waals surface area contributed by atoms with E-state index >= 15 is 0 Å². The first-order valence-electron chi connectivity index (χ1n) is 7.68. The summed E-state index contributed by atoms with van der Waals surface area (Å²) in [5, 5.41) is 4.98. The maximum absolute atomic E-state index is 3.60. The van der Waals surface area contributed by atoms with E-state index in [1.807, 2.05) is 0 Å². The highest BCUT2D eigenvalue weighted by Gasteiger charge is 2.12. The highest BCUT2D eigenvalue weighted by Crippen LogP contribution is 2.22. The van der Waals surface area contributed by atoms with E-state index in [1.54, 1.807) is 0 Å². The van der Waals surface area contributed by atoms with Gasteiger partial charge in [0.05, 0.1) is 0 Å². The van der Waals surface area contributed by atoms with Gasteiger partial charge in [-0.15, -0.1) is 0 Å². The van der Waals surface area contributed by atoms with Gasteiger partial charge in [0.15, 0.2) is 0 Å². The van der Waals surface area contributed by atoms with Gasteiger partial charge in [0.2, 0.25) is 0 Å². The Morgan fingerprint density at radius 3 is 2.50 bits per heavy atom. The Balaban J connectivity index is 2.26. The third-order valence-corrected chi connectivity index (χ3v) is 3.63. The number of nitrogens with one attached hydrogen (secondary N) is 1. The van der Waals surface area contributed by atoms with Gasteiger partial charge in [-0.25, -0.2) is 0 Å². The van der Waals surface area contributed by atoms with Crippen molar-refractivity contribution in [1.82, 2.24) is 9.88 Å². The summed E-state index contributed by atoms with van der Waals surface area (Å²) < 4.78 is 2.41. The number of benzene rings is 1. The molecule has 2 heteroatoms. The van der Waals surface area contributed by atoms with Crippen LogP contribution in [0.3, 0.4) is 0 Å². The second-order valence-corrected chi connectivity index (χ2v) is 7.15. The van der Waals surface area contributed by atoms with Crippen LogP contribution in [0.4, 0.5) is 0 Å². The molecule has 2 rings (SSSR count). The molecule has 0 atom stereocenters. The number of nitrogens with zero attached hydrogens (tertiary/aromatic N) is 1. The summed E-state index contributed by atoms with van der Waals surface area (Å²) in [6, 6.07) is 8.74. The molecule has 20 heavy (non-hydrogen) atoms. The molecule has 110 valence electrons. The van der Waals surface area contributed by atoms with E-state index in [0.29, 0.717) is 0 Å². The molecule has 0 aliphatic rings. The zero-order valence-electron chi connectivity index (χ0n) is 13.5. The van der Waals surface area contributed by atoms with Crippen molar-refractivity contribution in [1.29, 1.82) is 0 Å². The van der Waals surface area contributed by atoms with Crippen LogP contribution in [0.25, 0.3) is 10.9 Å². The monoisotopic (exact) mass is 272 g/mol. The van der Waals surface area contributed by atoms with E-state index < -0.39 is 0 Å². The van der Waals surface area contributed by atoms with Gasteiger partial charge in [-0.1, -0.05) is 32.0 Å². The quantitative estimate of drug-likeness (QED) is 0.843. The van der Waals surface area contributed by atoms with Crippen LogP contribution in [0.2, 0.25) is 0 Å². The minimum atomic E-state index is 0.154. The number of fused-ring (bicyclic) bond motifs is 1. The highest BCUT2D eigenvalue weighted by atomic mass is 15.0. The Hall–Kier alpha value is -1.28. The molecule has 0 saturated carbocycles. The molecular formula is C18H28N2. The van der Waals surface area contributed by atoms with Gasteiger partial charge in [-0.3, -0.25) is 0 Å². The number of aromatic nitrogens is 1. The Morgan fingerprint density at radius 2 is 1.85 bits per heavy atom. The first kappa shape index (κ1) is 15.1. The first-order chi connectivity index (χ1) is 9.37. The number of rotatable bonds is 5. The molecule has 0 aliphatic carbocycles. The van der Waals surface area contributed by atoms with Gasteiger partial charge in [0.25, 0.3) is 0 Å².